The van der Waals surface area contributed by atoms with Crippen molar-refractivity contribution in [2.24, 2.45) is 7.05 Å². The lowest BCUT2D eigenvalue weighted by atomic mass is 10.3. The molecule has 1 amide bonds. The molecule has 2 rings (SSSR count). The van der Waals surface area contributed by atoms with Crippen molar-refractivity contribution in [3.8, 4) is 0 Å². The molecule has 0 unspecified atom stereocenters. The van der Waals surface area contributed by atoms with E-state index in [4.69, 9.17) is 5.11 Å². The fourth-order valence-electron chi connectivity index (χ4n) is 1.94. The van der Waals surface area contributed by atoms with Gasteiger partial charge in [-0.2, -0.15) is 13.5 Å². The average Bonchev–Trinajstić information content (AvgIpc) is 2.80. The maximum absolute atomic E-state index is 12.3. The second kappa shape index (κ2) is 5.76. The number of sulfonamides is 1. The number of aryl methyl sites for hydroxylation is 3. The van der Waals surface area contributed by atoms with Crippen molar-refractivity contribution in [2.45, 2.75) is 18.9 Å². The highest BCUT2D eigenvalue weighted by Gasteiger charge is 2.29. The van der Waals surface area contributed by atoms with Crippen molar-refractivity contribution in [3.05, 3.63) is 35.0 Å². The van der Waals surface area contributed by atoms with Crippen LogP contribution in [-0.2, 0) is 17.1 Å². The number of carboxylic acids is 1. The summed E-state index contributed by atoms with van der Waals surface area (Å²) in [7, 11) is -3.21. The van der Waals surface area contributed by atoms with Gasteiger partial charge in [0.1, 0.15) is 5.56 Å². The molecule has 0 saturated carbocycles. The quantitative estimate of drug-likeness (QED) is 0.768. The van der Waals surface area contributed by atoms with E-state index in [0.717, 1.165) is 10.9 Å². The van der Waals surface area contributed by atoms with E-state index in [1.165, 1.54) is 7.05 Å². The number of nitrogens with zero attached hydrogens (tertiary/aromatic N) is 4. The van der Waals surface area contributed by atoms with Crippen LogP contribution < -0.4 is 4.72 Å². The number of hydrogen-bond donors (Lipinski definition) is 2. The molecule has 0 radical (unpaired) electrons. The van der Waals surface area contributed by atoms with Gasteiger partial charge in [-0.15, -0.1) is 0 Å². The summed E-state index contributed by atoms with van der Waals surface area (Å²) in [6, 6.07) is 1.62. The van der Waals surface area contributed by atoms with E-state index in [-0.39, 0.29) is 5.82 Å². The normalized spacial score (nSPS) is 11.3. The molecule has 2 N–H and O–H groups in total. The molecule has 0 fully saturated rings. The Morgan fingerprint density at radius 3 is 2.30 bits per heavy atom. The fourth-order valence-corrected chi connectivity index (χ4v) is 3.19. The lowest BCUT2D eigenvalue weighted by molar-refractivity contribution is 0.0691. The number of hydrogen-bond acceptors (Lipinski definition) is 7. The van der Waals surface area contributed by atoms with Crippen molar-refractivity contribution in [1.29, 1.82) is 0 Å². The van der Waals surface area contributed by atoms with Gasteiger partial charge in [0.15, 0.2) is 5.03 Å². The Morgan fingerprint density at radius 2 is 1.78 bits per heavy atom. The number of carbonyl (C=O) groups is 2. The SMILES string of the molecule is Cc1cc(C)nc(C(=O)NS(=O)(=O)c2c(C(=O)O)cnn2C)n1. The van der Waals surface area contributed by atoms with Gasteiger partial charge in [-0.1, -0.05) is 0 Å². The number of carbonyl (C=O) groups excluding carboxylic acids is 1. The smallest absolute Gasteiger partial charge is 0.340 e. The number of aromatic carboxylic acids is 1. The zero-order chi connectivity index (χ0) is 17.4. The molecule has 0 aliphatic rings. The van der Waals surface area contributed by atoms with Crippen LogP contribution in [0.15, 0.2) is 17.3 Å². The third kappa shape index (κ3) is 3.34. The molecule has 0 aliphatic carbocycles. The van der Waals surface area contributed by atoms with Gasteiger partial charge < -0.3 is 5.11 Å². The lowest BCUT2D eigenvalue weighted by Crippen LogP contribution is -2.34. The highest BCUT2D eigenvalue weighted by atomic mass is 32.2. The summed E-state index contributed by atoms with van der Waals surface area (Å²) in [6.07, 6.45) is 0.884. The molecule has 2 aromatic rings. The molecule has 10 nitrogen and oxygen atoms in total. The van der Waals surface area contributed by atoms with Gasteiger partial charge in [0, 0.05) is 18.4 Å². The van der Waals surface area contributed by atoms with Gasteiger partial charge in [-0.25, -0.2) is 19.5 Å². The Balaban J connectivity index is 2.41. The summed E-state index contributed by atoms with van der Waals surface area (Å²) < 4.78 is 27.2. The number of amides is 1. The molecule has 0 aromatic carbocycles. The third-order valence-corrected chi connectivity index (χ3v) is 4.23. The molecule has 2 aromatic heterocycles. The molecular formula is C12H13N5O5S. The van der Waals surface area contributed by atoms with Crippen LogP contribution >= 0.6 is 0 Å². The summed E-state index contributed by atoms with van der Waals surface area (Å²) in [5.74, 6) is -2.87. The van der Waals surface area contributed by atoms with Gasteiger partial charge in [-0.3, -0.25) is 9.48 Å². The van der Waals surface area contributed by atoms with Crippen molar-refractivity contribution >= 4 is 21.9 Å². The molecule has 0 aliphatic heterocycles. The van der Waals surface area contributed by atoms with Gasteiger partial charge in [0.25, 0.3) is 10.0 Å². The number of rotatable bonds is 4. The molecular weight excluding hydrogens is 326 g/mol. The van der Waals surface area contributed by atoms with Crippen LogP contribution in [0.2, 0.25) is 0 Å². The van der Waals surface area contributed by atoms with E-state index in [1.807, 2.05) is 0 Å². The first kappa shape index (κ1) is 16.5. The van der Waals surface area contributed by atoms with Crippen molar-refractivity contribution in [1.82, 2.24) is 24.5 Å². The third-order valence-electron chi connectivity index (χ3n) is 2.78. The minimum atomic E-state index is -4.46. The summed E-state index contributed by atoms with van der Waals surface area (Å²) >= 11 is 0. The molecule has 11 heteroatoms. The maximum Gasteiger partial charge on any atom is 0.340 e. The first-order chi connectivity index (χ1) is 10.6. The highest BCUT2D eigenvalue weighted by molar-refractivity contribution is 7.90. The number of aromatic nitrogens is 4. The first-order valence-corrected chi connectivity index (χ1v) is 7.75. The van der Waals surface area contributed by atoms with Crippen LogP contribution in [0.4, 0.5) is 0 Å². The molecule has 0 atom stereocenters. The monoisotopic (exact) mass is 339 g/mol. The van der Waals surface area contributed by atoms with E-state index >= 15 is 0 Å². The Kier molecular flexibility index (Phi) is 4.14. The minimum absolute atomic E-state index is 0.329. The molecule has 0 spiro atoms. The lowest BCUT2D eigenvalue weighted by Gasteiger charge is -2.08. The van der Waals surface area contributed by atoms with Gasteiger partial charge in [-0.05, 0) is 19.9 Å². The van der Waals surface area contributed by atoms with E-state index < -0.39 is 32.5 Å². The van der Waals surface area contributed by atoms with Crippen LogP contribution in [-0.4, -0.2) is 45.1 Å². The van der Waals surface area contributed by atoms with E-state index in [9.17, 15) is 18.0 Å². The van der Waals surface area contributed by atoms with Crippen molar-refractivity contribution < 1.29 is 23.1 Å². The number of carboxylic acid groups (broad SMARTS) is 1. The van der Waals surface area contributed by atoms with Crippen LogP contribution in [0.25, 0.3) is 0 Å². The standard InChI is InChI=1S/C12H13N5O5S/c1-6-4-7(2)15-9(14-6)10(18)16-23(21,22)11-8(12(19)20)5-13-17(11)3/h4-5H,1-3H3,(H,16,18)(H,19,20). The van der Waals surface area contributed by atoms with Crippen LogP contribution in [0.3, 0.4) is 0 Å². The Labute approximate surface area is 131 Å². The van der Waals surface area contributed by atoms with E-state index in [2.05, 4.69) is 15.1 Å². The molecule has 23 heavy (non-hydrogen) atoms. The molecule has 0 bridgehead atoms. The molecule has 122 valence electrons. The van der Waals surface area contributed by atoms with E-state index in [1.54, 1.807) is 24.6 Å². The predicted molar refractivity (Wildman–Crippen MR) is 76.3 cm³/mol. The largest absolute Gasteiger partial charge is 0.478 e. The van der Waals surface area contributed by atoms with Gasteiger partial charge >= 0.3 is 11.9 Å². The summed E-state index contributed by atoms with van der Waals surface area (Å²) in [4.78, 5) is 30.8. The van der Waals surface area contributed by atoms with Crippen LogP contribution in [0.5, 0.6) is 0 Å². The number of nitrogens with one attached hydrogen (secondary N) is 1. The summed E-state index contributed by atoms with van der Waals surface area (Å²) in [5, 5.41) is 12.0. The highest BCUT2D eigenvalue weighted by Crippen LogP contribution is 2.14. The summed E-state index contributed by atoms with van der Waals surface area (Å²) in [5.41, 5.74) is 0.438. The summed E-state index contributed by atoms with van der Waals surface area (Å²) in [6.45, 7) is 3.26. The van der Waals surface area contributed by atoms with Crippen molar-refractivity contribution in [2.75, 3.05) is 0 Å². The zero-order valence-corrected chi connectivity index (χ0v) is 13.2. The zero-order valence-electron chi connectivity index (χ0n) is 12.4. The van der Waals surface area contributed by atoms with Crippen molar-refractivity contribution in [3.63, 3.8) is 0 Å². The molecule has 0 saturated heterocycles. The van der Waals surface area contributed by atoms with Crippen LogP contribution in [0.1, 0.15) is 32.4 Å². The minimum Gasteiger partial charge on any atom is -0.478 e. The predicted octanol–water partition coefficient (Wildman–Crippen LogP) is -0.356. The average molecular weight is 339 g/mol. The topological polar surface area (TPSA) is 144 Å². The second-order valence-electron chi connectivity index (χ2n) is 4.70. The Morgan fingerprint density at radius 1 is 1.22 bits per heavy atom. The van der Waals surface area contributed by atoms with Crippen LogP contribution in [0, 0.1) is 13.8 Å². The Hall–Kier alpha value is -2.82. The second-order valence-corrected chi connectivity index (χ2v) is 6.30. The molecule has 2 heterocycles. The van der Waals surface area contributed by atoms with Gasteiger partial charge in [0.05, 0.1) is 6.20 Å². The van der Waals surface area contributed by atoms with Gasteiger partial charge in [0.2, 0.25) is 5.82 Å². The fraction of sp³-hybridized carbons (Fsp3) is 0.250. The maximum atomic E-state index is 12.3. The van der Waals surface area contributed by atoms with E-state index in [0.29, 0.717) is 11.4 Å². The Bertz CT molecular complexity index is 882. The first-order valence-electron chi connectivity index (χ1n) is 6.26.